The van der Waals surface area contributed by atoms with Crippen LogP contribution >= 0.6 is 11.6 Å². The SMILES string of the molecule is CN(Cc1ccc2c(c1)[C@H](NC(=O)C(=O)Nc1ccc(Cl)c(F)c1)[C@@H](CO[Si](C)(C)C(C)(C)C)C2)C(=O)OC(C)(C)C. The maximum Gasteiger partial charge on any atom is 0.410 e. The highest BCUT2D eigenvalue weighted by molar-refractivity contribution is 6.74. The van der Waals surface area contributed by atoms with Gasteiger partial charge >= 0.3 is 17.9 Å². The Hall–Kier alpha value is -2.95. The van der Waals surface area contributed by atoms with Crippen molar-refractivity contribution >= 4 is 43.5 Å². The molecule has 1 aliphatic rings. The number of rotatable bonds is 7. The summed E-state index contributed by atoms with van der Waals surface area (Å²) in [6.45, 7) is 17.0. The van der Waals surface area contributed by atoms with Crippen LogP contribution in [0.5, 0.6) is 0 Å². The first-order valence-corrected chi connectivity index (χ1v) is 17.3. The second-order valence-electron chi connectivity index (χ2n) is 13.4. The minimum absolute atomic E-state index is 0.00432. The minimum atomic E-state index is -2.09. The number of carbonyl (C=O) groups excluding carboxylic acids is 3. The fourth-order valence-electron chi connectivity index (χ4n) is 4.40. The molecule has 3 rings (SSSR count). The van der Waals surface area contributed by atoms with Crippen molar-refractivity contribution in [3.63, 3.8) is 0 Å². The van der Waals surface area contributed by atoms with E-state index >= 15 is 0 Å². The van der Waals surface area contributed by atoms with Crippen molar-refractivity contribution < 1.29 is 27.9 Å². The van der Waals surface area contributed by atoms with Crippen LogP contribution < -0.4 is 10.6 Å². The summed E-state index contributed by atoms with van der Waals surface area (Å²) in [5, 5.41) is 5.25. The number of carbonyl (C=O) groups is 3. The highest BCUT2D eigenvalue weighted by Crippen LogP contribution is 2.41. The zero-order valence-corrected chi connectivity index (χ0v) is 27.7. The Balaban J connectivity index is 1.84. The summed E-state index contributed by atoms with van der Waals surface area (Å²) in [5.41, 5.74) is 2.26. The van der Waals surface area contributed by atoms with E-state index < -0.39 is 43.7 Å². The number of benzene rings is 2. The Morgan fingerprint density at radius 2 is 1.71 bits per heavy atom. The molecule has 0 heterocycles. The van der Waals surface area contributed by atoms with Gasteiger partial charge in [-0.1, -0.05) is 50.6 Å². The Kier molecular flexibility index (Phi) is 10.2. The van der Waals surface area contributed by atoms with Crippen LogP contribution in [0.1, 0.15) is 64.3 Å². The smallest absolute Gasteiger partial charge is 0.410 e. The van der Waals surface area contributed by atoms with E-state index in [1.165, 1.54) is 17.0 Å². The standard InChI is InChI=1S/C31H43ClFN3O5Si/c1-30(2,3)41-29(39)36(7)17-19-10-11-20-15-21(18-40-42(8,9)31(4,5)6)26(23(20)14-19)35-28(38)27(37)34-22-12-13-24(32)25(33)16-22/h10-14,16,21,26H,15,17-18H2,1-9H3,(H,34,37)(H,35,38)/t21-,26-/m1/s1. The van der Waals surface area contributed by atoms with E-state index in [0.29, 0.717) is 19.6 Å². The van der Waals surface area contributed by atoms with Gasteiger partial charge in [-0.2, -0.15) is 0 Å². The van der Waals surface area contributed by atoms with Crippen LogP contribution in [0.15, 0.2) is 36.4 Å². The van der Waals surface area contributed by atoms with Crippen LogP contribution in [-0.4, -0.2) is 50.4 Å². The van der Waals surface area contributed by atoms with E-state index in [1.54, 1.807) is 7.05 Å². The van der Waals surface area contributed by atoms with Gasteiger partial charge in [0.25, 0.3) is 0 Å². The summed E-state index contributed by atoms with van der Waals surface area (Å²) < 4.78 is 25.9. The molecule has 2 aromatic rings. The van der Waals surface area contributed by atoms with E-state index in [4.69, 9.17) is 20.8 Å². The van der Waals surface area contributed by atoms with Gasteiger partial charge in [-0.25, -0.2) is 9.18 Å². The molecule has 2 aromatic carbocycles. The summed E-state index contributed by atoms with van der Waals surface area (Å²) in [5.74, 6) is -2.59. The quantitative estimate of drug-likeness (QED) is 0.261. The van der Waals surface area contributed by atoms with E-state index in [0.717, 1.165) is 22.8 Å². The van der Waals surface area contributed by atoms with Crippen LogP contribution in [0.3, 0.4) is 0 Å². The number of fused-ring (bicyclic) bond motifs is 1. The average Bonchev–Trinajstić information content (AvgIpc) is 3.19. The molecule has 1 aliphatic carbocycles. The van der Waals surface area contributed by atoms with Crippen molar-refractivity contribution in [3.8, 4) is 0 Å². The third-order valence-corrected chi connectivity index (χ3v) is 12.6. The summed E-state index contributed by atoms with van der Waals surface area (Å²) in [6.07, 6.45) is 0.213. The van der Waals surface area contributed by atoms with Crippen molar-refractivity contribution in [1.29, 1.82) is 0 Å². The molecule has 0 aliphatic heterocycles. The van der Waals surface area contributed by atoms with E-state index in [1.807, 2.05) is 39.0 Å². The lowest BCUT2D eigenvalue weighted by molar-refractivity contribution is -0.136. The lowest BCUT2D eigenvalue weighted by Gasteiger charge is -2.37. The predicted octanol–water partition coefficient (Wildman–Crippen LogP) is 6.84. The van der Waals surface area contributed by atoms with Gasteiger partial charge in [0.15, 0.2) is 8.32 Å². The van der Waals surface area contributed by atoms with Gasteiger partial charge in [0, 0.05) is 31.8 Å². The number of nitrogens with zero attached hydrogens (tertiary/aromatic N) is 1. The zero-order valence-electron chi connectivity index (χ0n) is 26.0. The highest BCUT2D eigenvalue weighted by Gasteiger charge is 2.41. The molecule has 0 fully saturated rings. The number of nitrogens with one attached hydrogen (secondary N) is 2. The molecule has 0 unspecified atom stereocenters. The van der Waals surface area contributed by atoms with Crippen LogP contribution in [0, 0.1) is 11.7 Å². The maximum absolute atomic E-state index is 13.9. The van der Waals surface area contributed by atoms with Gasteiger partial charge in [0.2, 0.25) is 0 Å². The molecule has 0 aromatic heterocycles. The summed E-state index contributed by atoms with van der Waals surface area (Å²) >= 11 is 5.73. The molecule has 3 amide bonds. The molecule has 2 N–H and O–H groups in total. The second kappa shape index (κ2) is 12.7. The minimum Gasteiger partial charge on any atom is -0.444 e. The van der Waals surface area contributed by atoms with Crippen LogP contribution in [0.25, 0.3) is 0 Å². The first kappa shape index (κ1) is 33.5. The molecule has 0 saturated heterocycles. The Morgan fingerprint density at radius 3 is 2.31 bits per heavy atom. The molecule has 8 nitrogen and oxygen atoms in total. The molecule has 0 saturated carbocycles. The lowest BCUT2D eigenvalue weighted by atomic mass is 10.00. The first-order chi connectivity index (χ1) is 19.3. The Bertz CT molecular complexity index is 1340. The Labute approximate surface area is 254 Å². The maximum atomic E-state index is 13.9. The van der Waals surface area contributed by atoms with Gasteiger partial charge in [-0.15, -0.1) is 0 Å². The average molecular weight is 620 g/mol. The molecule has 0 radical (unpaired) electrons. The number of halogens is 2. The van der Waals surface area contributed by atoms with Crippen molar-refractivity contribution in [2.75, 3.05) is 19.0 Å². The number of ether oxygens (including phenoxy) is 1. The summed E-state index contributed by atoms with van der Waals surface area (Å²) in [6, 6.07) is 9.19. The van der Waals surface area contributed by atoms with Gasteiger partial charge < -0.3 is 24.7 Å². The van der Waals surface area contributed by atoms with Crippen LogP contribution in [-0.2, 0) is 31.7 Å². The highest BCUT2D eigenvalue weighted by atomic mass is 35.5. The zero-order chi connectivity index (χ0) is 31.6. The topological polar surface area (TPSA) is 97.0 Å². The monoisotopic (exact) mass is 619 g/mol. The number of anilines is 1. The van der Waals surface area contributed by atoms with Gasteiger partial charge in [-0.05, 0) is 80.2 Å². The van der Waals surface area contributed by atoms with Crippen molar-refractivity contribution in [2.24, 2.45) is 5.92 Å². The van der Waals surface area contributed by atoms with Gasteiger partial charge in [-0.3, -0.25) is 9.59 Å². The van der Waals surface area contributed by atoms with E-state index in [2.05, 4.69) is 44.5 Å². The molecule has 0 bridgehead atoms. The molecule has 0 spiro atoms. The third-order valence-electron chi connectivity index (χ3n) is 7.76. The second-order valence-corrected chi connectivity index (χ2v) is 18.7. The van der Waals surface area contributed by atoms with E-state index in [9.17, 15) is 18.8 Å². The third kappa shape index (κ3) is 8.55. The van der Waals surface area contributed by atoms with Crippen LogP contribution in [0.4, 0.5) is 14.9 Å². The van der Waals surface area contributed by atoms with Gasteiger partial charge in [0.05, 0.1) is 11.1 Å². The first-order valence-electron chi connectivity index (χ1n) is 14.0. The van der Waals surface area contributed by atoms with Crippen molar-refractivity contribution in [3.05, 3.63) is 63.9 Å². The summed E-state index contributed by atoms with van der Waals surface area (Å²) in [4.78, 5) is 39.9. The predicted molar refractivity (Wildman–Crippen MR) is 165 cm³/mol. The lowest BCUT2D eigenvalue weighted by Crippen LogP contribution is -2.44. The number of hydrogen-bond donors (Lipinski definition) is 2. The van der Waals surface area contributed by atoms with Crippen molar-refractivity contribution in [2.45, 2.75) is 84.3 Å². The van der Waals surface area contributed by atoms with Crippen LogP contribution in [0.2, 0.25) is 23.2 Å². The molecular weight excluding hydrogens is 577 g/mol. The molecular formula is C31H43ClFN3O5Si. The number of amides is 3. The largest absolute Gasteiger partial charge is 0.444 e. The van der Waals surface area contributed by atoms with E-state index in [-0.39, 0.29) is 21.7 Å². The Morgan fingerprint density at radius 1 is 1.05 bits per heavy atom. The fraction of sp³-hybridized carbons (Fsp3) is 0.516. The molecule has 11 heteroatoms. The summed E-state index contributed by atoms with van der Waals surface area (Å²) in [7, 11) is -0.423. The molecule has 42 heavy (non-hydrogen) atoms. The normalized spacial score (nSPS) is 16.9. The van der Waals surface area contributed by atoms with Crippen molar-refractivity contribution in [1.82, 2.24) is 10.2 Å². The molecule has 230 valence electrons. The number of hydrogen-bond acceptors (Lipinski definition) is 5. The van der Waals surface area contributed by atoms with Gasteiger partial charge in [0.1, 0.15) is 11.4 Å². The molecule has 2 atom stereocenters. The fourth-order valence-corrected chi connectivity index (χ4v) is 5.58.